The van der Waals surface area contributed by atoms with Crippen LogP contribution >= 0.6 is 15.9 Å². The molecule has 1 amide bonds. The first-order valence-electron chi connectivity index (χ1n) is 10.3. The van der Waals surface area contributed by atoms with Crippen LogP contribution in [0.1, 0.15) is 37.5 Å². The third-order valence-electron chi connectivity index (χ3n) is 5.31. The van der Waals surface area contributed by atoms with E-state index in [1.165, 1.54) is 37.3 Å². The predicted octanol–water partition coefficient (Wildman–Crippen LogP) is 4.53. The molecule has 0 aliphatic heterocycles. The lowest BCUT2D eigenvalue weighted by atomic mass is 10.1. The minimum atomic E-state index is -4.68. The summed E-state index contributed by atoms with van der Waals surface area (Å²) >= 11 is 3.04. The van der Waals surface area contributed by atoms with Crippen LogP contribution in [-0.2, 0) is 22.6 Å². The topological polar surface area (TPSA) is 104 Å². The van der Waals surface area contributed by atoms with Crippen molar-refractivity contribution < 1.29 is 31.2 Å². The molecule has 0 unspecified atom stereocenters. The zero-order chi connectivity index (χ0) is 26.8. The number of nitrogens with one attached hydrogen (secondary N) is 1. The number of Topliss-reactive ketones (excluding diaryl/α,β-unsaturated/α-hetero) is 1. The molecular weight excluding hydrogens is 565 g/mol. The minimum absolute atomic E-state index is 0.0242. The molecule has 12 heteroatoms. The highest BCUT2D eigenvalue weighted by Crippen LogP contribution is 2.32. The van der Waals surface area contributed by atoms with Gasteiger partial charge in [0.15, 0.2) is 15.6 Å². The second-order valence-electron chi connectivity index (χ2n) is 7.96. The lowest BCUT2D eigenvalue weighted by Gasteiger charge is -2.24. The fraction of sp³-hybridized carbons (Fsp3) is 0.208. The van der Waals surface area contributed by atoms with Crippen molar-refractivity contribution in [3.05, 3.63) is 92.9 Å². The first-order valence-corrected chi connectivity index (χ1v) is 13.3. The number of benzene rings is 2. The van der Waals surface area contributed by atoms with Crippen molar-refractivity contribution in [1.29, 1.82) is 0 Å². The normalized spacial score (nSPS) is 11.8. The summed E-state index contributed by atoms with van der Waals surface area (Å²) in [6, 6.07) is 10.6. The Labute approximate surface area is 213 Å². The number of aromatic amines is 1. The molecule has 0 radical (unpaired) electrons. The Morgan fingerprint density at radius 2 is 1.67 bits per heavy atom. The number of hydrogen-bond acceptors (Lipinski definition) is 5. The summed E-state index contributed by atoms with van der Waals surface area (Å²) in [6.07, 6.45) is -3.66. The van der Waals surface area contributed by atoms with Gasteiger partial charge >= 0.3 is 6.18 Å². The molecule has 0 saturated carbocycles. The molecule has 7 nitrogen and oxygen atoms in total. The standard InChI is InChI=1S/C24H20BrF3N2O5S/c1-14-19(21(31)12-25)11-20(22(32)29-14)23(33)30(17-5-3-4-16(10-17)24(26,27)28)13-15-6-8-18(9-7-15)36(2,34)35/h3-11H,12-13H2,1-2H3,(H,29,32). The molecule has 0 atom stereocenters. The maximum absolute atomic E-state index is 13.5. The van der Waals surface area contributed by atoms with E-state index in [0.717, 1.165) is 35.4 Å². The molecule has 1 aromatic heterocycles. The van der Waals surface area contributed by atoms with E-state index in [1.807, 2.05) is 0 Å². The molecule has 190 valence electrons. The van der Waals surface area contributed by atoms with Gasteiger partial charge in [0.25, 0.3) is 11.5 Å². The summed E-state index contributed by atoms with van der Waals surface area (Å²) in [6.45, 7) is 1.21. The second kappa shape index (κ2) is 10.4. The highest BCUT2D eigenvalue weighted by atomic mass is 79.9. The molecule has 0 fully saturated rings. The van der Waals surface area contributed by atoms with Gasteiger partial charge in [0.2, 0.25) is 0 Å². The van der Waals surface area contributed by atoms with Gasteiger partial charge in [-0.2, -0.15) is 13.2 Å². The number of anilines is 1. The molecule has 36 heavy (non-hydrogen) atoms. The van der Waals surface area contributed by atoms with Gasteiger partial charge in [0, 0.05) is 23.2 Å². The third-order valence-corrected chi connectivity index (χ3v) is 6.95. The van der Waals surface area contributed by atoms with Crippen LogP contribution < -0.4 is 10.5 Å². The number of hydrogen-bond donors (Lipinski definition) is 1. The molecule has 1 N–H and O–H groups in total. The molecule has 3 aromatic rings. The van der Waals surface area contributed by atoms with Crippen molar-refractivity contribution >= 4 is 43.1 Å². The number of aryl methyl sites for hydroxylation is 1. The number of H-pyrrole nitrogens is 1. The van der Waals surface area contributed by atoms with Crippen LogP contribution in [0.25, 0.3) is 0 Å². The quantitative estimate of drug-likeness (QED) is 0.324. The lowest BCUT2D eigenvalue weighted by Crippen LogP contribution is -2.35. The largest absolute Gasteiger partial charge is 0.416 e. The summed E-state index contributed by atoms with van der Waals surface area (Å²) in [7, 11) is -3.49. The maximum atomic E-state index is 13.5. The van der Waals surface area contributed by atoms with Crippen LogP contribution in [0.15, 0.2) is 64.3 Å². The molecule has 2 aromatic carbocycles. The zero-order valence-electron chi connectivity index (χ0n) is 19.0. The van der Waals surface area contributed by atoms with E-state index in [9.17, 15) is 36.0 Å². The Bertz CT molecular complexity index is 1480. The summed E-state index contributed by atoms with van der Waals surface area (Å²) in [5.74, 6) is -1.34. The summed E-state index contributed by atoms with van der Waals surface area (Å²) in [4.78, 5) is 41.9. The fourth-order valence-electron chi connectivity index (χ4n) is 3.44. The molecule has 0 bridgehead atoms. The Morgan fingerprint density at radius 3 is 2.22 bits per heavy atom. The number of pyridine rings is 1. The Kier molecular flexibility index (Phi) is 7.89. The first-order chi connectivity index (χ1) is 16.7. The highest BCUT2D eigenvalue weighted by molar-refractivity contribution is 9.09. The monoisotopic (exact) mass is 584 g/mol. The van der Waals surface area contributed by atoms with E-state index in [1.54, 1.807) is 0 Å². The van der Waals surface area contributed by atoms with Gasteiger partial charge in [-0.1, -0.05) is 34.1 Å². The second-order valence-corrected chi connectivity index (χ2v) is 10.5. The van der Waals surface area contributed by atoms with Gasteiger partial charge in [0.05, 0.1) is 22.3 Å². The SMILES string of the molecule is Cc1[nH]c(=O)c(C(=O)N(Cc2ccc(S(C)(=O)=O)cc2)c2cccc(C(F)(F)F)c2)cc1C(=O)CBr. The molecule has 0 saturated heterocycles. The minimum Gasteiger partial charge on any atom is -0.325 e. The molecular formula is C24H20BrF3N2O5S. The van der Waals surface area contributed by atoms with Crippen LogP contribution in [0.2, 0.25) is 0 Å². The molecule has 0 aliphatic carbocycles. The molecule has 3 rings (SSSR count). The highest BCUT2D eigenvalue weighted by Gasteiger charge is 2.32. The van der Waals surface area contributed by atoms with Crippen molar-refractivity contribution in [1.82, 2.24) is 4.98 Å². The first kappa shape index (κ1) is 27.3. The number of nitrogens with zero attached hydrogens (tertiary/aromatic N) is 1. The molecule has 0 aliphatic rings. The van der Waals surface area contributed by atoms with Gasteiger partial charge in [0.1, 0.15) is 5.56 Å². The van der Waals surface area contributed by atoms with E-state index in [0.29, 0.717) is 5.56 Å². The van der Waals surface area contributed by atoms with Crippen molar-refractivity contribution in [3.63, 3.8) is 0 Å². The van der Waals surface area contributed by atoms with Gasteiger partial charge in [-0.15, -0.1) is 0 Å². The van der Waals surface area contributed by atoms with E-state index in [-0.39, 0.29) is 33.7 Å². The number of carbonyl (C=O) groups is 2. The van der Waals surface area contributed by atoms with Crippen molar-refractivity contribution in [2.75, 3.05) is 16.5 Å². The fourth-order valence-corrected chi connectivity index (χ4v) is 4.38. The predicted molar refractivity (Wildman–Crippen MR) is 131 cm³/mol. The maximum Gasteiger partial charge on any atom is 0.416 e. The molecule has 1 heterocycles. The third kappa shape index (κ3) is 6.11. The van der Waals surface area contributed by atoms with Crippen LogP contribution in [-0.4, -0.2) is 36.7 Å². The van der Waals surface area contributed by atoms with Gasteiger partial charge in [-0.05, 0) is 48.9 Å². The number of rotatable bonds is 7. The van der Waals surface area contributed by atoms with Crippen LogP contribution in [0.4, 0.5) is 18.9 Å². The number of sulfone groups is 1. The van der Waals surface area contributed by atoms with Crippen molar-refractivity contribution in [2.24, 2.45) is 0 Å². The zero-order valence-corrected chi connectivity index (χ0v) is 21.4. The number of carbonyl (C=O) groups excluding carboxylic acids is 2. The van der Waals surface area contributed by atoms with E-state index in [4.69, 9.17) is 0 Å². The number of amides is 1. The Hall–Kier alpha value is -3.25. The summed E-state index contributed by atoms with van der Waals surface area (Å²) < 4.78 is 63.6. The lowest BCUT2D eigenvalue weighted by molar-refractivity contribution is -0.137. The number of aromatic nitrogens is 1. The van der Waals surface area contributed by atoms with Crippen LogP contribution in [0, 0.1) is 6.92 Å². The summed E-state index contributed by atoms with van der Waals surface area (Å²) in [5.41, 5.74) is -1.68. The number of halogens is 4. The average Bonchev–Trinajstić information content (AvgIpc) is 2.81. The van der Waals surface area contributed by atoms with E-state index in [2.05, 4.69) is 20.9 Å². The average molecular weight is 585 g/mol. The number of ketones is 1. The molecule has 0 spiro atoms. The number of alkyl halides is 4. The van der Waals surface area contributed by atoms with E-state index >= 15 is 0 Å². The Morgan fingerprint density at radius 1 is 1.03 bits per heavy atom. The van der Waals surface area contributed by atoms with Gasteiger partial charge in [-0.25, -0.2) is 8.42 Å². The van der Waals surface area contributed by atoms with Crippen LogP contribution in [0.3, 0.4) is 0 Å². The van der Waals surface area contributed by atoms with Crippen molar-refractivity contribution in [3.8, 4) is 0 Å². The summed E-state index contributed by atoms with van der Waals surface area (Å²) in [5, 5.41) is -0.0719. The van der Waals surface area contributed by atoms with Gasteiger partial charge in [-0.3, -0.25) is 14.4 Å². The van der Waals surface area contributed by atoms with Crippen LogP contribution in [0.5, 0.6) is 0 Å². The van der Waals surface area contributed by atoms with Crippen molar-refractivity contribution in [2.45, 2.75) is 24.5 Å². The smallest absolute Gasteiger partial charge is 0.325 e. The Balaban J connectivity index is 2.14. The van der Waals surface area contributed by atoms with E-state index < -0.39 is 44.4 Å². The van der Waals surface area contributed by atoms with Gasteiger partial charge < -0.3 is 9.88 Å².